The van der Waals surface area contributed by atoms with E-state index < -0.39 is 5.97 Å². The lowest BCUT2D eigenvalue weighted by atomic mass is 10.5. The van der Waals surface area contributed by atoms with Crippen LogP contribution in [0.25, 0.3) is 0 Å². The maximum atomic E-state index is 10.2. The molecule has 54 valence electrons. The second-order valence-electron chi connectivity index (χ2n) is 1.54. The van der Waals surface area contributed by atoms with Gasteiger partial charge in [0.05, 0.1) is 0 Å². The van der Waals surface area contributed by atoms with Crippen LogP contribution < -0.4 is 0 Å². The summed E-state index contributed by atoms with van der Waals surface area (Å²) in [5.41, 5.74) is 0. The summed E-state index contributed by atoms with van der Waals surface area (Å²) in [7, 11) is 0. The molecule has 0 bridgehead atoms. The molecule has 1 heterocycles. The van der Waals surface area contributed by atoms with Gasteiger partial charge in [0.25, 0.3) is 0 Å². The molecule has 1 aromatic rings. The van der Waals surface area contributed by atoms with Crippen molar-refractivity contribution in [1.82, 2.24) is 5.16 Å². The maximum Gasteiger partial charge on any atom is 0.374 e. The molecular weight excluding hydrogens is 154 g/mol. The molecule has 1 aromatic heterocycles. The Balaban J connectivity index is 2.88. The predicted octanol–water partition coefficient (Wildman–Crippen LogP) is 1.09. The van der Waals surface area contributed by atoms with Gasteiger partial charge in [0.2, 0.25) is 5.76 Å². The molecule has 0 amide bonds. The molecule has 0 saturated carbocycles. The van der Waals surface area contributed by atoms with Gasteiger partial charge >= 0.3 is 5.97 Å². The van der Waals surface area contributed by atoms with Crippen molar-refractivity contribution < 1.29 is 14.4 Å². The fraction of sp³-hybridized carbons (Fsp3) is 0.200. The second kappa shape index (κ2) is 2.74. The highest BCUT2D eigenvalue weighted by Crippen LogP contribution is 2.13. The van der Waals surface area contributed by atoms with Gasteiger partial charge in [-0.25, -0.2) is 4.79 Å². The Kier molecular flexibility index (Phi) is 1.96. The summed E-state index contributed by atoms with van der Waals surface area (Å²) in [5.74, 6) is -1.21. The largest absolute Gasteiger partial charge is 0.475 e. The number of hydrogen-bond donors (Lipinski definition) is 1. The summed E-state index contributed by atoms with van der Waals surface area (Å²) in [6, 6.07) is 1.38. The Morgan fingerprint density at radius 1 is 1.90 bits per heavy atom. The van der Waals surface area contributed by atoms with E-state index in [-0.39, 0.29) is 5.76 Å². The minimum absolute atomic E-state index is 0.121. The van der Waals surface area contributed by atoms with Gasteiger partial charge < -0.3 is 9.63 Å². The quantitative estimate of drug-likeness (QED) is 0.654. The molecule has 10 heavy (non-hydrogen) atoms. The van der Waals surface area contributed by atoms with E-state index in [1.54, 1.807) is 6.26 Å². The molecule has 5 heteroatoms. The van der Waals surface area contributed by atoms with Gasteiger partial charge in [-0.2, -0.15) is 0 Å². The molecule has 1 N–H and O–H groups in total. The van der Waals surface area contributed by atoms with E-state index in [2.05, 4.69) is 9.68 Å². The molecule has 0 aliphatic heterocycles. The van der Waals surface area contributed by atoms with E-state index in [1.165, 1.54) is 17.8 Å². The van der Waals surface area contributed by atoms with Crippen LogP contribution in [-0.4, -0.2) is 22.5 Å². The van der Waals surface area contributed by atoms with Gasteiger partial charge in [0.15, 0.2) is 0 Å². The topological polar surface area (TPSA) is 63.3 Å². The van der Waals surface area contributed by atoms with Crippen LogP contribution in [0.5, 0.6) is 0 Å². The standard InChI is InChI=1S/C5H5NO3S/c1-10-4-2-3(5(7)8)9-6-4/h2H,1H3,(H,7,8). The van der Waals surface area contributed by atoms with Gasteiger partial charge in [-0.05, 0) is 6.26 Å². The van der Waals surface area contributed by atoms with Crippen molar-refractivity contribution in [3.8, 4) is 0 Å². The van der Waals surface area contributed by atoms with Gasteiger partial charge in [-0.15, -0.1) is 11.8 Å². The van der Waals surface area contributed by atoms with Gasteiger partial charge in [0, 0.05) is 6.07 Å². The van der Waals surface area contributed by atoms with Crippen molar-refractivity contribution >= 4 is 17.7 Å². The first-order chi connectivity index (χ1) is 4.74. The maximum absolute atomic E-state index is 10.2. The molecular formula is C5H5NO3S. The number of carboxylic acids is 1. The molecule has 0 aromatic carbocycles. The van der Waals surface area contributed by atoms with Gasteiger partial charge in [-0.1, -0.05) is 5.16 Å². The molecule has 1 rings (SSSR count). The fourth-order valence-electron chi connectivity index (χ4n) is 0.456. The number of thioether (sulfide) groups is 1. The Hall–Kier alpha value is -0.970. The summed E-state index contributed by atoms with van der Waals surface area (Å²) in [6.45, 7) is 0. The number of aromatic nitrogens is 1. The lowest BCUT2D eigenvalue weighted by Gasteiger charge is -1.77. The Bertz CT molecular complexity index is 245. The molecule has 0 fully saturated rings. The smallest absolute Gasteiger partial charge is 0.374 e. The van der Waals surface area contributed by atoms with Crippen molar-refractivity contribution in [2.24, 2.45) is 0 Å². The lowest BCUT2D eigenvalue weighted by Crippen LogP contribution is -1.91. The molecule has 0 atom stereocenters. The van der Waals surface area contributed by atoms with Crippen molar-refractivity contribution in [2.45, 2.75) is 5.03 Å². The minimum Gasteiger partial charge on any atom is -0.475 e. The van der Waals surface area contributed by atoms with E-state index in [0.717, 1.165) is 0 Å². The first-order valence-corrected chi connectivity index (χ1v) is 3.70. The van der Waals surface area contributed by atoms with E-state index in [9.17, 15) is 4.79 Å². The molecule has 0 spiro atoms. The van der Waals surface area contributed by atoms with Crippen molar-refractivity contribution in [3.05, 3.63) is 11.8 Å². The zero-order valence-corrected chi connectivity index (χ0v) is 6.01. The molecule has 0 saturated heterocycles. The summed E-state index contributed by atoms with van der Waals surface area (Å²) in [6.07, 6.45) is 1.80. The highest BCUT2D eigenvalue weighted by molar-refractivity contribution is 7.98. The molecule has 4 nitrogen and oxygen atoms in total. The lowest BCUT2D eigenvalue weighted by molar-refractivity contribution is 0.0651. The first kappa shape index (κ1) is 7.14. The van der Waals surface area contributed by atoms with Gasteiger partial charge in [0.1, 0.15) is 5.03 Å². The van der Waals surface area contributed by atoms with Crippen LogP contribution >= 0.6 is 11.8 Å². The number of hydrogen-bond acceptors (Lipinski definition) is 4. The second-order valence-corrected chi connectivity index (χ2v) is 2.37. The average Bonchev–Trinajstić information content (AvgIpc) is 2.34. The zero-order valence-electron chi connectivity index (χ0n) is 5.20. The third-order valence-corrected chi connectivity index (χ3v) is 1.52. The van der Waals surface area contributed by atoms with Crippen LogP contribution in [0, 0.1) is 0 Å². The Morgan fingerprint density at radius 2 is 2.60 bits per heavy atom. The Labute approximate surface area is 61.2 Å². The molecule has 0 aliphatic rings. The third-order valence-electron chi connectivity index (χ3n) is 0.908. The van der Waals surface area contributed by atoms with E-state index in [1.807, 2.05) is 0 Å². The zero-order chi connectivity index (χ0) is 7.56. The number of rotatable bonds is 2. The van der Waals surface area contributed by atoms with Crippen LogP contribution in [0.1, 0.15) is 10.6 Å². The predicted molar refractivity (Wildman–Crippen MR) is 35.2 cm³/mol. The molecule has 0 unspecified atom stereocenters. The minimum atomic E-state index is -1.09. The van der Waals surface area contributed by atoms with E-state index >= 15 is 0 Å². The number of carboxylic acid groups (broad SMARTS) is 1. The average molecular weight is 159 g/mol. The monoisotopic (exact) mass is 159 g/mol. The first-order valence-electron chi connectivity index (χ1n) is 2.48. The van der Waals surface area contributed by atoms with E-state index in [0.29, 0.717) is 5.03 Å². The SMILES string of the molecule is CSc1cc(C(=O)O)on1. The van der Waals surface area contributed by atoms with Crippen LogP contribution in [0.2, 0.25) is 0 Å². The summed E-state index contributed by atoms with van der Waals surface area (Å²) >= 11 is 1.34. The Morgan fingerprint density at radius 3 is 2.90 bits per heavy atom. The van der Waals surface area contributed by atoms with E-state index in [4.69, 9.17) is 5.11 Å². The number of aromatic carboxylic acids is 1. The summed E-state index contributed by atoms with van der Waals surface area (Å²) in [4.78, 5) is 10.2. The van der Waals surface area contributed by atoms with Crippen LogP contribution in [-0.2, 0) is 0 Å². The van der Waals surface area contributed by atoms with Gasteiger partial charge in [-0.3, -0.25) is 0 Å². The summed E-state index contributed by atoms with van der Waals surface area (Å²) < 4.78 is 4.45. The normalized spacial score (nSPS) is 9.70. The van der Waals surface area contributed by atoms with Crippen molar-refractivity contribution in [3.63, 3.8) is 0 Å². The number of carbonyl (C=O) groups is 1. The highest BCUT2D eigenvalue weighted by Gasteiger charge is 2.09. The summed E-state index contributed by atoms with van der Waals surface area (Å²) in [5, 5.41) is 12.4. The van der Waals surface area contributed by atoms with Crippen LogP contribution in [0.3, 0.4) is 0 Å². The van der Waals surface area contributed by atoms with Crippen LogP contribution in [0.15, 0.2) is 15.6 Å². The highest BCUT2D eigenvalue weighted by atomic mass is 32.2. The van der Waals surface area contributed by atoms with Crippen molar-refractivity contribution in [2.75, 3.05) is 6.26 Å². The fourth-order valence-corrected chi connectivity index (χ4v) is 0.793. The third kappa shape index (κ3) is 1.30. The number of nitrogens with zero attached hydrogens (tertiary/aromatic N) is 1. The molecule has 0 aliphatic carbocycles. The van der Waals surface area contributed by atoms with Crippen LogP contribution in [0.4, 0.5) is 0 Å². The van der Waals surface area contributed by atoms with Crippen molar-refractivity contribution in [1.29, 1.82) is 0 Å². The molecule has 0 radical (unpaired) electrons.